The Morgan fingerprint density at radius 2 is 1.81 bits per heavy atom. The minimum absolute atomic E-state index is 0.0762. The van der Waals surface area contributed by atoms with E-state index < -0.39 is 37.3 Å². The van der Waals surface area contributed by atoms with Gasteiger partial charge in [0.2, 0.25) is 6.29 Å². The highest BCUT2D eigenvalue weighted by Crippen LogP contribution is 2.46. The number of methoxy groups -OCH3 is 1. The van der Waals surface area contributed by atoms with Gasteiger partial charge in [-0.3, -0.25) is 0 Å². The van der Waals surface area contributed by atoms with Gasteiger partial charge in [-0.05, 0) is 18.2 Å². The Morgan fingerprint density at radius 3 is 2.48 bits per heavy atom. The van der Waals surface area contributed by atoms with E-state index in [1.807, 2.05) is 0 Å². The van der Waals surface area contributed by atoms with Crippen molar-refractivity contribution in [1.29, 1.82) is 0 Å². The van der Waals surface area contributed by atoms with E-state index in [1.165, 1.54) is 25.3 Å². The van der Waals surface area contributed by atoms with E-state index in [0.29, 0.717) is 11.3 Å². The molecule has 0 amide bonds. The fourth-order valence-electron chi connectivity index (χ4n) is 3.59. The van der Waals surface area contributed by atoms with E-state index in [2.05, 4.69) is 4.74 Å². The molecule has 31 heavy (non-hydrogen) atoms. The highest BCUT2D eigenvalue weighted by molar-refractivity contribution is 5.69. The van der Waals surface area contributed by atoms with E-state index >= 15 is 0 Å². The molecule has 2 aromatic rings. The van der Waals surface area contributed by atoms with Crippen LogP contribution in [0.3, 0.4) is 0 Å². The SMILES string of the molecule is COc1cc(C2[OH+]c3cc(O)cc(O)c3C=C2OC2OC(CO)C(O)C2O)ccc1O. The normalized spacial score (nSPS) is 27.2. The number of aliphatic hydroxyl groups is 4. The lowest BCUT2D eigenvalue weighted by molar-refractivity contribution is -0.165. The second-order valence-electron chi connectivity index (χ2n) is 7.23. The van der Waals surface area contributed by atoms with Crippen molar-refractivity contribution in [2.24, 2.45) is 0 Å². The number of rotatable bonds is 5. The van der Waals surface area contributed by atoms with Crippen LogP contribution in [0.15, 0.2) is 36.1 Å². The van der Waals surface area contributed by atoms with E-state index in [9.17, 15) is 30.6 Å². The summed E-state index contributed by atoms with van der Waals surface area (Å²) >= 11 is 0. The standard InChI is InChI=1S/C21H22O10/c1-28-15-4-9(2-3-12(15)24)20-16(30-21-19(27)18(26)17(8-22)31-21)7-11-13(25)5-10(23)6-14(11)29-20/h2-7,17-27H,8H2,1H3/p+1. The summed E-state index contributed by atoms with van der Waals surface area (Å²) in [5, 5.41) is 59.5. The van der Waals surface area contributed by atoms with Crippen LogP contribution in [0.5, 0.6) is 28.7 Å². The number of aliphatic hydroxyl groups excluding tert-OH is 3. The lowest BCUT2D eigenvalue weighted by Gasteiger charge is -2.28. The van der Waals surface area contributed by atoms with Crippen molar-refractivity contribution in [3.63, 3.8) is 0 Å². The summed E-state index contributed by atoms with van der Waals surface area (Å²) in [5.74, 6) is 0.169. The first-order chi connectivity index (χ1) is 14.8. The molecule has 1 fully saturated rings. The Hall–Kier alpha value is -3.18. The molecule has 10 nitrogen and oxygen atoms in total. The number of benzene rings is 2. The molecule has 1 saturated heterocycles. The minimum Gasteiger partial charge on any atom is -0.571 e. The molecule has 10 heteroatoms. The van der Waals surface area contributed by atoms with Crippen molar-refractivity contribution in [3.05, 3.63) is 47.2 Å². The largest absolute Gasteiger partial charge is 0.571 e. The van der Waals surface area contributed by atoms with E-state index in [-0.39, 0.29) is 34.3 Å². The lowest BCUT2D eigenvalue weighted by atomic mass is 10.0. The monoisotopic (exact) mass is 435 g/mol. The molecular formula is C21H23O10+. The Kier molecular flexibility index (Phi) is 5.54. The van der Waals surface area contributed by atoms with Crippen molar-refractivity contribution >= 4 is 6.08 Å². The van der Waals surface area contributed by atoms with Gasteiger partial charge in [0.15, 0.2) is 17.3 Å². The molecule has 0 spiro atoms. The molecule has 4 rings (SSSR count). The molecule has 2 heterocycles. The summed E-state index contributed by atoms with van der Waals surface area (Å²) < 4.78 is 20.9. The van der Waals surface area contributed by atoms with Crippen LogP contribution >= 0.6 is 0 Å². The topological polar surface area (TPSA) is 162 Å². The number of fused-ring (bicyclic) bond motifs is 1. The molecule has 0 bridgehead atoms. The molecule has 2 aliphatic heterocycles. The predicted octanol–water partition coefficient (Wildman–Crippen LogP) is 0.605. The van der Waals surface area contributed by atoms with E-state index in [0.717, 1.165) is 6.07 Å². The summed E-state index contributed by atoms with van der Waals surface area (Å²) in [6, 6.07) is 7.08. The average molecular weight is 435 g/mol. The van der Waals surface area contributed by atoms with Crippen LogP contribution in [-0.2, 0) is 9.47 Å². The van der Waals surface area contributed by atoms with Gasteiger partial charge in [-0.1, -0.05) is 0 Å². The molecule has 2 aliphatic rings. The molecule has 0 saturated carbocycles. The number of hydrogen-bond donors (Lipinski definition) is 6. The van der Waals surface area contributed by atoms with Gasteiger partial charge in [0.1, 0.15) is 35.4 Å². The van der Waals surface area contributed by atoms with Crippen LogP contribution in [0.1, 0.15) is 17.2 Å². The first-order valence-electron chi connectivity index (χ1n) is 9.46. The zero-order valence-corrected chi connectivity index (χ0v) is 16.4. The Labute approximate surface area is 176 Å². The van der Waals surface area contributed by atoms with E-state index in [1.54, 1.807) is 12.1 Å². The second-order valence-corrected chi connectivity index (χ2v) is 7.23. The van der Waals surface area contributed by atoms with Crippen molar-refractivity contribution in [1.82, 2.24) is 0 Å². The van der Waals surface area contributed by atoms with Crippen LogP contribution < -0.4 is 4.74 Å². The van der Waals surface area contributed by atoms with Crippen LogP contribution in [0.25, 0.3) is 6.08 Å². The highest BCUT2D eigenvalue weighted by atomic mass is 16.7. The molecule has 166 valence electrons. The molecule has 5 unspecified atom stereocenters. The smallest absolute Gasteiger partial charge is 0.270 e. The van der Waals surface area contributed by atoms with Crippen LogP contribution in [0.4, 0.5) is 0 Å². The lowest BCUT2D eigenvalue weighted by Crippen LogP contribution is -2.35. The Morgan fingerprint density at radius 1 is 1.03 bits per heavy atom. The first-order valence-corrected chi connectivity index (χ1v) is 9.46. The fraction of sp³-hybridized carbons (Fsp3) is 0.333. The number of aromatic hydroxyl groups is 4. The van der Waals surface area contributed by atoms with Gasteiger partial charge in [0.25, 0.3) is 11.9 Å². The third-order valence-corrected chi connectivity index (χ3v) is 5.22. The predicted molar refractivity (Wildman–Crippen MR) is 106 cm³/mol. The number of hydrogen-bond acceptors (Lipinski definition) is 9. The number of ether oxygens (including phenoxy) is 4. The van der Waals surface area contributed by atoms with Gasteiger partial charge in [0, 0.05) is 12.1 Å². The number of phenols is 3. The van der Waals surface area contributed by atoms with E-state index in [4.69, 9.17) is 14.2 Å². The molecule has 0 aromatic heterocycles. The summed E-state index contributed by atoms with van der Waals surface area (Å²) in [6.45, 7) is -0.511. The molecule has 2 aromatic carbocycles. The Bertz CT molecular complexity index is 1000. The second kappa shape index (κ2) is 8.16. The molecule has 5 atom stereocenters. The average Bonchev–Trinajstić information content (AvgIpc) is 3.02. The van der Waals surface area contributed by atoms with Crippen molar-refractivity contribution in [2.75, 3.05) is 13.7 Å². The summed E-state index contributed by atoms with van der Waals surface area (Å²) in [5.41, 5.74) is 0.822. The summed E-state index contributed by atoms with van der Waals surface area (Å²) in [7, 11) is 1.40. The van der Waals surface area contributed by atoms with Gasteiger partial charge in [-0.25, -0.2) is 0 Å². The summed E-state index contributed by atoms with van der Waals surface area (Å²) in [6.07, 6.45) is -4.43. The van der Waals surface area contributed by atoms with Gasteiger partial charge >= 0.3 is 0 Å². The molecule has 0 aliphatic carbocycles. The van der Waals surface area contributed by atoms with Crippen LogP contribution in [0, 0.1) is 0 Å². The maximum Gasteiger partial charge on any atom is 0.270 e. The van der Waals surface area contributed by atoms with Gasteiger partial charge < -0.3 is 49.6 Å². The zero-order valence-electron chi connectivity index (χ0n) is 16.4. The Balaban J connectivity index is 1.74. The molecular weight excluding hydrogens is 412 g/mol. The summed E-state index contributed by atoms with van der Waals surface area (Å²) in [4.78, 5) is 0. The third-order valence-electron chi connectivity index (χ3n) is 5.22. The van der Waals surface area contributed by atoms with Gasteiger partial charge in [-0.2, -0.15) is 0 Å². The van der Waals surface area contributed by atoms with Gasteiger partial charge in [0.05, 0.1) is 25.3 Å². The first kappa shape index (κ1) is 21.1. The minimum atomic E-state index is -1.43. The quantitative estimate of drug-likeness (QED) is 0.369. The van der Waals surface area contributed by atoms with Crippen molar-refractivity contribution in [3.8, 4) is 28.7 Å². The molecule has 0 radical (unpaired) electrons. The maximum atomic E-state index is 10.2. The maximum absolute atomic E-state index is 10.2. The van der Waals surface area contributed by atoms with Gasteiger partial charge in [-0.15, -0.1) is 0 Å². The highest BCUT2D eigenvalue weighted by Gasteiger charge is 2.46. The van der Waals surface area contributed by atoms with Crippen LogP contribution in [0.2, 0.25) is 0 Å². The van der Waals surface area contributed by atoms with Crippen molar-refractivity contribution in [2.45, 2.75) is 30.7 Å². The van der Waals surface area contributed by atoms with Crippen molar-refractivity contribution < 1.29 is 49.6 Å². The zero-order chi connectivity index (χ0) is 22.3. The van der Waals surface area contributed by atoms with Crippen LogP contribution in [-0.4, -0.2) is 73.7 Å². The fourth-order valence-corrected chi connectivity index (χ4v) is 3.59. The number of phenolic OH excluding ortho intramolecular Hbond substituents is 3. The molecule has 7 N–H and O–H groups in total. The third kappa shape index (κ3) is 3.81.